The maximum absolute atomic E-state index is 13.6. The predicted molar refractivity (Wildman–Crippen MR) is 59.0 cm³/mol. The van der Waals surface area contributed by atoms with Crippen molar-refractivity contribution in [2.24, 2.45) is 5.41 Å². The predicted octanol–water partition coefficient (Wildman–Crippen LogP) is 2.35. The number of halogens is 2. The van der Waals surface area contributed by atoms with Crippen LogP contribution in [0.3, 0.4) is 0 Å². The Morgan fingerprint density at radius 1 is 1.35 bits per heavy atom. The Labute approximate surface area is 98.0 Å². The van der Waals surface area contributed by atoms with Gasteiger partial charge in [-0.3, -0.25) is 4.79 Å². The Kier molecular flexibility index (Phi) is 2.56. The van der Waals surface area contributed by atoms with Gasteiger partial charge in [0.2, 0.25) is 5.91 Å². The monoisotopic (exact) mass is 241 g/mol. The third-order valence-electron chi connectivity index (χ3n) is 2.81. The van der Waals surface area contributed by atoms with E-state index in [0.29, 0.717) is 0 Å². The van der Waals surface area contributed by atoms with E-state index in [9.17, 15) is 13.6 Å². The molecule has 0 bridgehead atoms. The summed E-state index contributed by atoms with van der Waals surface area (Å²) in [5, 5.41) is 0. The lowest BCUT2D eigenvalue weighted by Crippen LogP contribution is -2.39. The number of amides is 1. The Hall–Kier alpha value is -1.65. The van der Waals surface area contributed by atoms with Gasteiger partial charge in [-0.2, -0.15) is 0 Å². The van der Waals surface area contributed by atoms with Crippen molar-refractivity contribution >= 4 is 11.6 Å². The van der Waals surface area contributed by atoms with Crippen LogP contribution in [0.2, 0.25) is 0 Å². The van der Waals surface area contributed by atoms with Crippen molar-refractivity contribution in [2.45, 2.75) is 13.8 Å². The number of hydrogen-bond donors (Lipinski definition) is 0. The number of carbonyl (C=O) groups excluding carboxylic acids is 1. The summed E-state index contributed by atoms with van der Waals surface area (Å²) in [6.45, 7) is 3.46. The number of anilines is 1. The molecule has 0 unspecified atom stereocenters. The molecule has 1 aromatic rings. The zero-order chi connectivity index (χ0) is 12.8. The standard InChI is InChI=1S/C12H13F2NO2/c1-12(2)6-17-10-8(14)4-7(13)5-9(10)15(3)11(12)16/h4-5H,6H2,1-3H3. The SMILES string of the molecule is CN1C(=O)C(C)(C)COc2c(F)cc(F)cc21. The van der Waals surface area contributed by atoms with E-state index in [1.165, 1.54) is 11.9 Å². The highest BCUT2D eigenvalue weighted by molar-refractivity contribution is 5.98. The van der Waals surface area contributed by atoms with Crippen molar-refractivity contribution in [1.82, 2.24) is 0 Å². The van der Waals surface area contributed by atoms with Gasteiger partial charge in [0.05, 0.1) is 11.1 Å². The molecule has 2 rings (SSSR count). The molecule has 1 amide bonds. The van der Waals surface area contributed by atoms with Crippen molar-refractivity contribution in [3.05, 3.63) is 23.8 Å². The minimum absolute atomic E-state index is 0.0612. The molecule has 0 aliphatic carbocycles. The van der Waals surface area contributed by atoms with Gasteiger partial charge in [-0.15, -0.1) is 0 Å². The first-order valence-electron chi connectivity index (χ1n) is 5.23. The summed E-state index contributed by atoms with van der Waals surface area (Å²) in [4.78, 5) is 13.3. The van der Waals surface area contributed by atoms with Crippen LogP contribution in [-0.4, -0.2) is 19.6 Å². The third kappa shape index (κ3) is 1.85. The van der Waals surface area contributed by atoms with Gasteiger partial charge in [-0.25, -0.2) is 8.78 Å². The first-order valence-corrected chi connectivity index (χ1v) is 5.23. The third-order valence-corrected chi connectivity index (χ3v) is 2.81. The molecule has 0 saturated heterocycles. The molecule has 5 heteroatoms. The fourth-order valence-electron chi connectivity index (χ4n) is 1.82. The average molecular weight is 241 g/mol. The first-order chi connectivity index (χ1) is 7.83. The van der Waals surface area contributed by atoms with E-state index in [1.54, 1.807) is 13.8 Å². The molecule has 1 aromatic carbocycles. The first kappa shape index (κ1) is 11.8. The molecule has 1 aliphatic rings. The number of benzene rings is 1. The van der Waals surface area contributed by atoms with E-state index in [1.807, 2.05) is 0 Å². The maximum atomic E-state index is 13.6. The smallest absolute Gasteiger partial charge is 0.235 e. The molecule has 0 radical (unpaired) electrons. The molecule has 0 spiro atoms. The fourth-order valence-corrected chi connectivity index (χ4v) is 1.82. The van der Waals surface area contributed by atoms with Crippen molar-refractivity contribution in [3.63, 3.8) is 0 Å². The Bertz CT molecular complexity index is 486. The van der Waals surface area contributed by atoms with Crippen LogP contribution in [0.1, 0.15) is 13.8 Å². The van der Waals surface area contributed by atoms with Crippen molar-refractivity contribution < 1.29 is 18.3 Å². The molecular formula is C12H13F2NO2. The van der Waals surface area contributed by atoms with Crippen LogP contribution in [0, 0.1) is 17.0 Å². The molecule has 17 heavy (non-hydrogen) atoms. The van der Waals surface area contributed by atoms with E-state index in [2.05, 4.69) is 0 Å². The van der Waals surface area contributed by atoms with E-state index in [4.69, 9.17) is 4.74 Å². The molecular weight excluding hydrogens is 228 g/mol. The summed E-state index contributed by atoms with van der Waals surface area (Å²) in [6.07, 6.45) is 0. The lowest BCUT2D eigenvalue weighted by molar-refractivity contribution is -0.127. The quantitative estimate of drug-likeness (QED) is 0.697. The molecule has 0 fully saturated rings. The summed E-state index contributed by atoms with van der Waals surface area (Å²) in [5.74, 6) is -1.84. The van der Waals surface area contributed by atoms with Gasteiger partial charge in [0.15, 0.2) is 11.6 Å². The molecule has 1 heterocycles. The zero-order valence-corrected chi connectivity index (χ0v) is 9.88. The second-order valence-electron chi connectivity index (χ2n) is 4.77. The number of ether oxygens (including phenoxy) is 1. The summed E-state index contributed by atoms with van der Waals surface area (Å²) < 4.78 is 32.0. The van der Waals surface area contributed by atoms with E-state index in [-0.39, 0.29) is 24.0 Å². The summed E-state index contributed by atoms with van der Waals surface area (Å²) >= 11 is 0. The second-order valence-corrected chi connectivity index (χ2v) is 4.77. The lowest BCUT2D eigenvalue weighted by atomic mass is 9.93. The minimum Gasteiger partial charge on any atom is -0.487 e. The van der Waals surface area contributed by atoms with Gasteiger partial charge in [-0.05, 0) is 13.8 Å². The summed E-state index contributed by atoms with van der Waals surface area (Å²) in [7, 11) is 1.48. The van der Waals surface area contributed by atoms with Gasteiger partial charge < -0.3 is 9.64 Å². The molecule has 0 aromatic heterocycles. The highest BCUT2D eigenvalue weighted by atomic mass is 19.1. The van der Waals surface area contributed by atoms with Gasteiger partial charge >= 0.3 is 0 Å². The summed E-state index contributed by atoms with van der Waals surface area (Å²) in [6, 6.07) is 1.84. The normalized spacial score (nSPS) is 18.4. The largest absolute Gasteiger partial charge is 0.487 e. The van der Waals surface area contributed by atoms with Crippen LogP contribution in [0.15, 0.2) is 12.1 Å². The number of hydrogen-bond acceptors (Lipinski definition) is 2. The Balaban J connectivity index is 2.59. The zero-order valence-electron chi connectivity index (χ0n) is 9.88. The van der Waals surface area contributed by atoms with Crippen LogP contribution >= 0.6 is 0 Å². The molecule has 0 saturated carbocycles. The highest BCUT2D eigenvalue weighted by Gasteiger charge is 2.37. The molecule has 3 nitrogen and oxygen atoms in total. The maximum Gasteiger partial charge on any atom is 0.235 e. The summed E-state index contributed by atoms with van der Waals surface area (Å²) in [5.41, 5.74) is -0.644. The highest BCUT2D eigenvalue weighted by Crippen LogP contribution is 2.37. The number of carbonyl (C=O) groups is 1. The van der Waals surface area contributed by atoms with E-state index >= 15 is 0 Å². The van der Waals surface area contributed by atoms with Crippen LogP contribution < -0.4 is 9.64 Å². The lowest BCUT2D eigenvalue weighted by Gasteiger charge is -2.24. The van der Waals surface area contributed by atoms with Crippen LogP contribution in [0.4, 0.5) is 14.5 Å². The van der Waals surface area contributed by atoms with Gasteiger partial charge in [0.1, 0.15) is 12.4 Å². The minimum atomic E-state index is -0.794. The van der Waals surface area contributed by atoms with Crippen molar-refractivity contribution in [1.29, 1.82) is 0 Å². The van der Waals surface area contributed by atoms with Crippen molar-refractivity contribution in [2.75, 3.05) is 18.6 Å². The number of rotatable bonds is 0. The van der Waals surface area contributed by atoms with Crippen LogP contribution in [0.5, 0.6) is 5.75 Å². The Morgan fingerprint density at radius 3 is 2.65 bits per heavy atom. The Morgan fingerprint density at radius 2 is 2.00 bits per heavy atom. The molecule has 1 aliphatic heterocycles. The second kappa shape index (κ2) is 3.68. The average Bonchev–Trinajstić information content (AvgIpc) is 2.31. The van der Waals surface area contributed by atoms with Crippen LogP contribution in [0.25, 0.3) is 0 Å². The van der Waals surface area contributed by atoms with E-state index < -0.39 is 17.0 Å². The van der Waals surface area contributed by atoms with Crippen LogP contribution in [-0.2, 0) is 4.79 Å². The number of nitrogens with zero attached hydrogens (tertiary/aromatic N) is 1. The number of fused-ring (bicyclic) bond motifs is 1. The topological polar surface area (TPSA) is 29.5 Å². The van der Waals surface area contributed by atoms with Gasteiger partial charge in [0, 0.05) is 19.2 Å². The van der Waals surface area contributed by atoms with Crippen molar-refractivity contribution in [3.8, 4) is 5.75 Å². The molecule has 0 N–H and O–H groups in total. The van der Waals surface area contributed by atoms with Gasteiger partial charge in [0.25, 0.3) is 0 Å². The fraction of sp³-hybridized carbons (Fsp3) is 0.417. The van der Waals surface area contributed by atoms with Gasteiger partial charge in [-0.1, -0.05) is 0 Å². The molecule has 0 atom stereocenters. The molecule has 92 valence electrons. The van der Waals surface area contributed by atoms with E-state index in [0.717, 1.165) is 12.1 Å².